The molecule has 0 saturated carbocycles. The van der Waals surface area contributed by atoms with Crippen molar-refractivity contribution >= 4 is 6.08 Å². The second-order valence-electron chi connectivity index (χ2n) is 3.07. The zero-order valence-corrected chi connectivity index (χ0v) is 7.85. The Balaban J connectivity index is 2.47. The Kier molecular flexibility index (Phi) is 2.41. The molecule has 1 heteroatoms. The van der Waals surface area contributed by atoms with Crippen LogP contribution in [-0.2, 0) is 0 Å². The predicted molar refractivity (Wildman–Crippen MR) is 59.8 cm³/mol. The smallest absolute Gasteiger partial charge is 0.0273 e. The van der Waals surface area contributed by atoms with Gasteiger partial charge in [-0.2, -0.15) is 0 Å². The Morgan fingerprint density at radius 3 is 2.50 bits per heavy atom. The molecular formula is C13H11N. The van der Waals surface area contributed by atoms with Crippen molar-refractivity contribution in [2.75, 3.05) is 0 Å². The third-order valence-corrected chi connectivity index (χ3v) is 2.14. The maximum atomic E-state index is 3.99. The molecule has 0 aliphatic heterocycles. The third kappa shape index (κ3) is 1.72. The summed E-state index contributed by atoms with van der Waals surface area (Å²) in [5, 5.41) is 0. The van der Waals surface area contributed by atoms with Crippen LogP contribution in [0.15, 0.2) is 55.4 Å². The molecule has 1 heterocycles. The van der Waals surface area contributed by atoms with Crippen molar-refractivity contribution in [3.8, 4) is 11.1 Å². The summed E-state index contributed by atoms with van der Waals surface area (Å²) in [7, 11) is 0. The van der Waals surface area contributed by atoms with Crippen molar-refractivity contribution in [2.24, 2.45) is 0 Å². The van der Waals surface area contributed by atoms with Gasteiger partial charge in [0.15, 0.2) is 0 Å². The molecule has 0 aliphatic rings. The topological polar surface area (TPSA) is 12.9 Å². The molecule has 2 rings (SSSR count). The molecule has 0 atom stereocenters. The lowest BCUT2D eigenvalue weighted by molar-refractivity contribution is 1.33. The van der Waals surface area contributed by atoms with Crippen LogP contribution < -0.4 is 0 Å². The van der Waals surface area contributed by atoms with Gasteiger partial charge in [-0.15, -0.1) is 0 Å². The number of aromatic nitrogens is 1. The summed E-state index contributed by atoms with van der Waals surface area (Å²) in [5.74, 6) is 0. The molecule has 1 aromatic heterocycles. The van der Waals surface area contributed by atoms with E-state index in [1.165, 1.54) is 11.1 Å². The molecule has 0 amide bonds. The molecule has 0 spiro atoms. The maximum absolute atomic E-state index is 3.99. The minimum atomic E-state index is 1.14. The molecule has 1 aromatic carbocycles. The maximum Gasteiger partial charge on any atom is 0.0273 e. The van der Waals surface area contributed by atoms with E-state index in [9.17, 15) is 0 Å². The normalized spacial score (nSPS) is 9.71. The zero-order chi connectivity index (χ0) is 9.80. The average molecular weight is 181 g/mol. The van der Waals surface area contributed by atoms with Crippen LogP contribution in [0.2, 0.25) is 0 Å². The van der Waals surface area contributed by atoms with Crippen LogP contribution in [0.3, 0.4) is 0 Å². The highest BCUT2D eigenvalue weighted by Gasteiger charge is 1.95. The van der Waals surface area contributed by atoms with E-state index in [-0.39, 0.29) is 0 Å². The summed E-state index contributed by atoms with van der Waals surface area (Å²) < 4.78 is 0. The molecule has 0 unspecified atom stereocenters. The zero-order valence-electron chi connectivity index (χ0n) is 7.85. The molecule has 0 bridgehead atoms. The van der Waals surface area contributed by atoms with E-state index >= 15 is 0 Å². The van der Waals surface area contributed by atoms with Gasteiger partial charge in [0.1, 0.15) is 0 Å². The summed E-state index contributed by atoms with van der Waals surface area (Å²) in [4.78, 5) is 3.99. The lowest BCUT2D eigenvalue weighted by Crippen LogP contribution is -1.79. The van der Waals surface area contributed by atoms with Crippen LogP contribution >= 0.6 is 0 Å². The number of pyridine rings is 1. The van der Waals surface area contributed by atoms with E-state index in [1.54, 1.807) is 12.4 Å². The Morgan fingerprint density at radius 1 is 1.00 bits per heavy atom. The molecule has 0 fully saturated rings. The molecule has 0 N–H and O–H groups in total. The van der Waals surface area contributed by atoms with E-state index in [0.717, 1.165) is 5.56 Å². The highest BCUT2D eigenvalue weighted by Crippen LogP contribution is 2.19. The first-order chi connectivity index (χ1) is 6.90. The monoisotopic (exact) mass is 181 g/mol. The van der Waals surface area contributed by atoms with E-state index < -0.39 is 0 Å². The summed E-state index contributed by atoms with van der Waals surface area (Å²) in [5.41, 5.74) is 3.52. The molecule has 68 valence electrons. The van der Waals surface area contributed by atoms with Crippen LogP contribution in [-0.4, -0.2) is 4.98 Å². The fourth-order valence-corrected chi connectivity index (χ4v) is 1.39. The van der Waals surface area contributed by atoms with Gasteiger partial charge in [0.05, 0.1) is 0 Å². The number of rotatable bonds is 2. The van der Waals surface area contributed by atoms with Gasteiger partial charge in [0, 0.05) is 12.4 Å². The first-order valence-corrected chi connectivity index (χ1v) is 4.53. The number of hydrogen-bond donors (Lipinski definition) is 0. The standard InChI is InChI=1S/C13H11N/c1-2-11-4-3-5-13(10-11)12-6-8-14-9-7-12/h2-10H,1H2. The van der Waals surface area contributed by atoms with E-state index in [0.29, 0.717) is 0 Å². The second kappa shape index (κ2) is 3.88. The fourth-order valence-electron chi connectivity index (χ4n) is 1.39. The average Bonchev–Trinajstić information content (AvgIpc) is 2.30. The first-order valence-electron chi connectivity index (χ1n) is 4.53. The molecule has 14 heavy (non-hydrogen) atoms. The van der Waals surface area contributed by atoms with Gasteiger partial charge in [-0.1, -0.05) is 30.9 Å². The first kappa shape index (κ1) is 8.70. The molecule has 0 aliphatic carbocycles. The highest BCUT2D eigenvalue weighted by atomic mass is 14.6. The number of benzene rings is 1. The molecular weight excluding hydrogens is 170 g/mol. The lowest BCUT2D eigenvalue weighted by atomic mass is 10.0. The Bertz CT molecular complexity index is 432. The minimum absolute atomic E-state index is 1.14. The van der Waals surface area contributed by atoms with E-state index in [2.05, 4.69) is 23.7 Å². The summed E-state index contributed by atoms with van der Waals surface area (Å²) in [6.07, 6.45) is 5.45. The Hall–Kier alpha value is -1.89. The number of hydrogen-bond acceptors (Lipinski definition) is 1. The van der Waals surface area contributed by atoms with Crippen molar-refractivity contribution in [1.82, 2.24) is 4.98 Å². The molecule has 1 nitrogen and oxygen atoms in total. The second-order valence-corrected chi connectivity index (χ2v) is 3.07. The van der Waals surface area contributed by atoms with Gasteiger partial charge in [-0.25, -0.2) is 0 Å². The SMILES string of the molecule is C=Cc1cccc(-c2ccncc2)c1. The van der Waals surface area contributed by atoms with Gasteiger partial charge in [0.25, 0.3) is 0 Å². The van der Waals surface area contributed by atoms with Crippen molar-refractivity contribution in [3.05, 3.63) is 60.9 Å². The van der Waals surface area contributed by atoms with E-state index in [4.69, 9.17) is 0 Å². The van der Waals surface area contributed by atoms with Gasteiger partial charge < -0.3 is 0 Å². The van der Waals surface area contributed by atoms with Gasteiger partial charge >= 0.3 is 0 Å². The van der Waals surface area contributed by atoms with Crippen LogP contribution in [0.5, 0.6) is 0 Å². The van der Waals surface area contributed by atoms with E-state index in [1.807, 2.05) is 30.3 Å². The minimum Gasteiger partial charge on any atom is -0.265 e. The Labute approximate surface area is 83.7 Å². The molecule has 0 radical (unpaired) electrons. The lowest BCUT2D eigenvalue weighted by Gasteiger charge is -2.01. The summed E-state index contributed by atoms with van der Waals surface area (Å²) in [6, 6.07) is 12.3. The Morgan fingerprint density at radius 2 is 1.79 bits per heavy atom. The van der Waals surface area contributed by atoms with Crippen molar-refractivity contribution in [2.45, 2.75) is 0 Å². The highest BCUT2D eigenvalue weighted by molar-refractivity contribution is 5.66. The van der Waals surface area contributed by atoms with Gasteiger partial charge in [-0.05, 0) is 34.9 Å². The molecule has 2 aromatic rings. The summed E-state index contributed by atoms with van der Waals surface area (Å²) in [6.45, 7) is 3.75. The van der Waals surface area contributed by atoms with Gasteiger partial charge in [0.2, 0.25) is 0 Å². The largest absolute Gasteiger partial charge is 0.265 e. The van der Waals surface area contributed by atoms with Gasteiger partial charge in [-0.3, -0.25) is 4.98 Å². The fraction of sp³-hybridized carbons (Fsp3) is 0. The third-order valence-electron chi connectivity index (χ3n) is 2.14. The van der Waals surface area contributed by atoms with Crippen LogP contribution in [0.4, 0.5) is 0 Å². The quantitative estimate of drug-likeness (QED) is 0.692. The van der Waals surface area contributed by atoms with Crippen LogP contribution in [0.25, 0.3) is 17.2 Å². The van der Waals surface area contributed by atoms with Crippen LogP contribution in [0, 0.1) is 0 Å². The number of nitrogens with zero attached hydrogens (tertiary/aromatic N) is 1. The van der Waals surface area contributed by atoms with Crippen molar-refractivity contribution < 1.29 is 0 Å². The summed E-state index contributed by atoms with van der Waals surface area (Å²) >= 11 is 0. The predicted octanol–water partition coefficient (Wildman–Crippen LogP) is 3.39. The van der Waals surface area contributed by atoms with Crippen molar-refractivity contribution in [3.63, 3.8) is 0 Å². The molecule has 0 saturated heterocycles. The van der Waals surface area contributed by atoms with Crippen LogP contribution in [0.1, 0.15) is 5.56 Å². The van der Waals surface area contributed by atoms with Crippen molar-refractivity contribution in [1.29, 1.82) is 0 Å².